The number of pyridine rings is 1. The molecule has 27 heavy (non-hydrogen) atoms. The van der Waals surface area contributed by atoms with Crippen molar-refractivity contribution in [2.75, 3.05) is 7.11 Å². The zero-order valence-electron chi connectivity index (χ0n) is 18.0. The molecule has 2 aromatic rings. The molecule has 0 radical (unpaired) electrons. The van der Waals surface area contributed by atoms with Crippen LogP contribution in [0.1, 0.15) is 57.7 Å². The Bertz CT molecular complexity index is 703. The summed E-state index contributed by atoms with van der Waals surface area (Å²) in [5, 5.41) is 0.185. The second-order valence-electron chi connectivity index (χ2n) is 8.82. The molecule has 0 N–H and O–H groups in total. The molecule has 0 saturated carbocycles. The molecule has 0 amide bonds. The lowest BCUT2D eigenvalue weighted by atomic mass is 9.91. The molecule has 0 saturated heterocycles. The van der Waals surface area contributed by atoms with Crippen molar-refractivity contribution >= 4 is 8.32 Å². The minimum absolute atomic E-state index is 0.185. The van der Waals surface area contributed by atoms with Crippen molar-refractivity contribution < 1.29 is 9.16 Å². The van der Waals surface area contributed by atoms with Gasteiger partial charge in [0.25, 0.3) is 8.32 Å². The number of hydrogen-bond donors (Lipinski definition) is 0. The van der Waals surface area contributed by atoms with E-state index >= 15 is 0 Å². The van der Waals surface area contributed by atoms with E-state index in [4.69, 9.17) is 14.1 Å². The maximum Gasteiger partial charge on any atom is 0.250 e. The molecule has 1 unspecified atom stereocenters. The van der Waals surface area contributed by atoms with Crippen molar-refractivity contribution in [2.45, 2.75) is 71.0 Å². The van der Waals surface area contributed by atoms with Gasteiger partial charge in [-0.05, 0) is 60.8 Å². The van der Waals surface area contributed by atoms with E-state index in [1.54, 1.807) is 7.11 Å². The predicted molar refractivity (Wildman–Crippen MR) is 116 cm³/mol. The third-order valence-electron chi connectivity index (χ3n) is 5.63. The summed E-state index contributed by atoms with van der Waals surface area (Å²) < 4.78 is 11.6. The monoisotopic (exact) mass is 385 g/mol. The average molecular weight is 386 g/mol. The highest BCUT2D eigenvalue weighted by Gasteiger charge is 2.39. The van der Waals surface area contributed by atoms with Crippen molar-refractivity contribution in [3.05, 3.63) is 53.9 Å². The number of aromatic nitrogens is 1. The largest absolute Gasteiger partial charge is 0.542 e. The molecule has 1 heterocycles. The third-order valence-corrected chi connectivity index (χ3v) is 9.99. The first-order valence-corrected chi connectivity index (χ1v) is 12.8. The predicted octanol–water partition coefficient (Wildman–Crippen LogP) is 6.60. The van der Waals surface area contributed by atoms with E-state index in [0.29, 0.717) is 5.92 Å². The molecule has 2 rings (SSSR count). The van der Waals surface area contributed by atoms with Gasteiger partial charge in [0.15, 0.2) is 0 Å². The molecular formula is C23H35NO2Si. The molecule has 0 spiro atoms. The molecule has 0 aliphatic rings. The molecular weight excluding hydrogens is 350 g/mol. The fraction of sp³-hybridized carbons (Fsp3) is 0.522. The highest BCUT2D eigenvalue weighted by Crippen LogP contribution is 2.37. The van der Waals surface area contributed by atoms with Crippen LogP contribution in [0.15, 0.2) is 42.6 Å². The van der Waals surface area contributed by atoms with Gasteiger partial charge in [-0.1, -0.05) is 46.2 Å². The van der Waals surface area contributed by atoms with Crippen LogP contribution in [0.2, 0.25) is 18.1 Å². The van der Waals surface area contributed by atoms with Crippen molar-refractivity contribution in [1.82, 2.24) is 4.98 Å². The van der Waals surface area contributed by atoms with Crippen LogP contribution >= 0.6 is 0 Å². The Morgan fingerprint density at radius 2 is 1.63 bits per heavy atom. The molecule has 0 fully saturated rings. The van der Waals surface area contributed by atoms with Gasteiger partial charge in [-0.3, -0.25) is 4.98 Å². The maximum atomic E-state index is 6.37. The van der Waals surface area contributed by atoms with Gasteiger partial charge in [0.05, 0.1) is 13.3 Å². The summed E-state index contributed by atoms with van der Waals surface area (Å²) in [4.78, 5) is 4.77. The summed E-state index contributed by atoms with van der Waals surface area (Å²) in [6.45, 7) is 13.5. The maximum absolute atomic E-state index is 6.37. The standard InChI is InChI=1S/C23H35NO2Si/c1-8-9-19(16-18-10-12-20(25-5)13-11-18)22-15-14-21(17-24-22)26-27(6,7)23(2,3)4/h10-15,17,19H,8-9,16H2,1-7H3. The van der Waals surface area contributed by atoms with Gasteiger partial charge in [0.2, 0.25) is 0 Å². The van der Waals surface area contributed by atoms with Gasteiger partial charge in [-0.2, -0.15) is 0 Å². The van der Waals surface area contributed by atoms with E-state index in [9.17, 15) is 0 Å². The number of rotatable bonds is 8. The van der Waals surface area contributed by atoms with Crippen LogP contribution < -0.4 is 9.16 Å². The first kappa shape index (κ1) is 21.5. The fourth-order valence-electron chi connectivity index (χ4n) is 2.89. The molecule has 0 bridgehead atoms. The lowest BCUT2D eigenvalue weighted by Crippen LogP contribution is -2.43. The summed E-state index contributed by atoms with van der Waals surface area (Å²) in [5.74, 6) is 2.21. The average Bonchev–Trinajstić information content (AvgIpc) is 2.61. The third kappa shape index (κ3) is 5.83. The SMILES string of the molecule is CCCC(Cc1ccc(OC)cc1)c1ccc(O[Si](C)(C)C(C)(C)C)cn1. The number of hydrogen-bond acceptors (Lipinski definition) is 3. The Morgan fingerprint density at radius 1 is 1.00 bits per heavy atom. The minimum Gasteiger partial charge on any atom is -0.542 e. The molecule has 1 aromatic heterocycles. The Balaban J connectivity index is 2.13. The number of methoxy groups -OCH3 is 1. The van der Waals surface area contributed by atoms with Crippen LogP contribution in [0.3, 0.4) is 0 Å². The lowest BCUT2D eigenvalue weighted by Gasteiger charge is -2.36. The van der Waals surface area contributed by atoms with Gasteiger partial charge < -0.3 is 9.16 Å². The minimum atomic E-state index is -1.83. The van der Waals surface area contributed by atoms with E-state index in [1.165, 1.54) is 5.56 Å². The van der Waals surface area contributed by atoms with Crippen molar-refractivity contribution in [3.63, 3.8) is 0 Å². The first-order valence-electron chi connectivity index (χ1n) is 9.94. The summed E-state index contributed by atoms with van der Waals surface area (Å²) in [6.07, 6.45) is 5.17. The van der Waals surface area contributed by atoms with E-state index in [-0.39, 0.29) is 5.04 Å². The van der Waals surface area contributed by atoms with Crippen LogP contribution in [-0.2, 0) is 6.42 Å². The number of ether oxygens (including phenoxy) is 1. The number of nitrogens with zero attached hydrogens (tertiary/aromatic N) is 1. The van der Waals surface area contributed by atoms with Crippen LogP contribution in [0.4, 0.5) is 0 Å². The van der Waals surface area contributed by atoms with Gasteiger partial charge in [-0.15, -0.1) is 0 Å². The smallest absolute Gasteiger partial charge is 0.250 e. The van der Waals surface area contributed by atoms with Gasteiger partial charge in [0, 0.05) is 11.6 Å². The van der Waals surface area contributed by atoms with E-state index in [2.05, 4.69) is 65.1 Å². The Hall–Kier alpha value is -1.81. The Morgan fingerprint density at radius 3 is 2.11 bits per heavy atom. The second-order valence-corrected chi connectivity index (χ2v) is 13.5. The summed E-state index contributed by atoms with van der Waals surface area (Å²) in [5.41, 5.74) is 2.47. The highest BCUT2D eigenvalue weighted by molar-refractivity contribution is 6.74. The van der Waals surface area contributed by atoms with Gasteiger partial charge in [0.1, 0.15) is 11.5 Å². The highest BCUT2D eigenvalue weighted by atomic mass is 28.4. The second kappa shape index (κ2) is 8.92. The van der Waals surface area contributed by atoms with Gasteiger partial charge in [-0.25, -0.2) is 0 Å². The normalized spacial score (nSPS) is 13.3. The fourth-order valence-corrected chi connectivity index (χ4v) is 3.91. The Labute approximate surface area is 166 Å². The Kier molecular flexibility index (Phi) is 7.10. The zero-order valence-corrected chi connectivity index (χ0v) is 19.0. The van der Waals surface area contributed by atoms with Crippen LogP contribution in [0.25, 0.3) is 0 Å². The van der Waals surface area contributed by atoms with E-state index < -0.39 is 8.32 Å². The summed E-state index contributed by atoms with van der Waals surface area (Å²) >= 11 is 0. The van der Waals surface area contributed by atoms with E-state index in [0.717, 1.165) is 36.5 Å². The molecule has 3 nitrogen and oxygen atoms in total. The summed E-state index contributed by atoms with van der Waals surface area (Å²) in [7, 11) is -0.127. The van der Waals surface area contributed by atoms with Crippen molar-refractivity contribution in [2.24, 2.45) is 0 Å². The van der Waals surface area contributed by atoms with Crippen molar-refractivity contribution in [1.29, 1.82) is 0 Å². The molecule has 4 heteroatoms. The number of benzene rings is 1. The molecule has 1 atom stereocenters. The molecule has 0 aliphatic carbocycles. The van der Waals surface area contributed by atoms with Crippen molar-refractivity contribution in [3.8, 4) is 11.5 Å². The van der Waals surface area contributed by atoms with Crippen LogP contribution in [-0.4, -0.2) is 20.4 Å². The lowest BCUT2D eigenvalue weighted by molar-refractivity contribution is 0.414. The molecule has 148 valence electrons. The van der Waals surface area contributed by atoms with Crippen LogP contribution in [0.5, 0.6) is 11.5 Å². The molecule has 1 aromatic carbocycles. The zero-order chi connectivity index (χ0) is 20.1. The topological polar surface area (TPSA) is 31.4 Å². The van der Waals surface area contributed by atoms with Gasteiger partial charge >= 0.3 is 0 Å². The first-order chi connectivity index (χ1) is 12.7. The summed E-state index contributed by atoms with van der Waals surface area (Å²) in [6, 6.07) is 12.6. The van der Waals surface area contributed by atoms with E-state index in [1.807, 2.05) is 18.3 Å². The quantitative estimate of drug-likeness (QED) is 0.480. The van der Waals surface area contributed by atoms with Crippen LogP contribution in [0, 0.1) is 0 Å². The molecule has 0 aliphatic heterocycles.